The summed E-state index contributed by atoms with van der Waals surface area (Å²) in [5.74, 6) is 0.741. The van der Waals surface area contributed by atoms with Gasteiger partial charge in [0.1, 0.15) is 0 Å². The number of nitrogens with one attached hydrogen (secondary N) is 2. The van der Waals surface area contributed by atoms with Crippen molar-refractivity contribution in [2.45, 2.75) is 31.9 Å². The van der Waals surface area contributed by atoms with Crippen molar-refractivity contribution in [2.75, 3.05) is 16.4 Å². The molecule has 0 aliphatic carbocycles. The fourth-order valence-corrected chi connectivity index (χ4v) is 4.07. The molecule has 4 nitrogen and oxygen atoms in total. The maximum Gasteiger partial charge on any atom is 0.255 e. The van der Waals surface area contributed by atoms with Gasteiger partial charge >= 0.3 is 0 Å². The zero-order chi connectivity index (χ0) is 23.1. The minimum Gasteiger partial charge on any atom is -0.325 e. The third-order valence-corrected chi connectivity index (χ3v) is 6.05. The minimum absolute atomic E-state index is 0.0357. The predicted octanol–water partition coefficient (Wildman–Crippen LogP) is 6.76. The van der Waals surface area contributed by atoms with Crippen molar-refractivity contribution in [1.29, 1.82) is 0 Å². The second kappa shape index (κ2) is 10.7. The molecule has 0 saturated heterocycles. The first-order valence-electron chi connectivity index (χ1n) is 10.3. The number of amides is 2. The van der Waals surface area contributed by atoms with Crippen molar-refractivity contribution in [3.63, 3.8) is 0 Å². The Morgan fingerprint density at radius 1 is 0.875 bits per heavy atom. The van der Waals surface area contributed by atoms with Crippen LogP contribution in [0.3, 0.4) is 0 Å². The van der Waals surface area contributed by atoms with E-state index in [2.05, 4.69) is 31.4 Å². The molecule has 0 heterocycles. The molecule has 0 spiro atoms. The average Bonchev–Trinajstić information content (AvgIpc) is 2.73. The second-order valence-corrected chi connectivity index (χ2v) is 9.96. The quantitative estimate of drug-likeness (QED) is 0.404. The lowest BCUT2D eigenvalue weighted by atomic mass is 9.87. The van der Waals surface area contributed by atoms with Gasteiger partial charge in [0.15, 0.2) is 0 Å². The summed E-state index contributed by atoms with van der Waals surface area (Å²) < 4.78 is 0. The van der Waals surface area contributed by atoms with E-state index >= 15 is 0 Å². The Morgan fingerprint density at radius 3 is 2.19 bits per heavy atom. The van der Waals surface area contributed by atoms with E-state index < -0.39 is 0 Å². The van der Waals surface area contributed by atoms with E-state index in [1.807, 2.05) is 48.5 Å². The van der Waals surface area contributed by atoms with Crippen molar-refractivity contribution in [2.24, 2.45) is 0 Å². The molecule has 0 saturated carbocycles. The van der Waals surface area contributed by atoms with Gasteiger partial charge in [-0.15, -0.1) is 11.8 Å². The number of hydrogen-bond acceptors (Lipinski definition) is 3. The minimum atomic E-state index is -0.189. The van der Waals surface area contributed by atoms with Gasteiger partial charge in [-0.2, -0.15) is 0 Å². The third-order valence-electron chi connectivity index (χ3n) is 4.81. The first kappa shape index (κ1) is 23.9. The highest BCUT2D eigenvalue weighted by atomic mass is 35.5. The summed E-state index contributed by atoms with van der Waals surface area (Å²) in [5, 5.41) is 6.46. The molecule has 2 amide bonds. The molecule has 0 bridgehead atoms. The normalized spacial score (nSPS) is 11.1. The van der Waals surface area contributed by atoms with Crippen LogP contribution in [0.2, 0.25) is 5.02 Å². The molecule has 3 rings (SSSR count). The van der Waals surface area contributed by atoms with E-state index in [0.717, 1.165) is 5.56 Å². The molecule has 0 atom stereocenters. The molecule has 3 aromatic carbocycles. The van der Waals surface area contributed by atoms with Crippen molar-refractivity contribution >= 4 is 46.6 Å². The molecule has 0 fully saturated rings. The zero-order valence-electron chi connectivity index (χ0n) is 18.4. The van der Waals surface area contributed by atoms with Gasteiger partial charge in [-0.1, -0.05) is 62.7 Å². The summed E-state index contributed by atoms with van der Waals surface area (Å²) in [4.78, 5) is 24.9. The number of halogens is 1. The van der Waals surface area contributed by atoms with Crippen molar-refractivity contribution < 1.29 is 9.59 Å². The Balaban J connectivity index is 1.53. The molecule has 3 aromatic rings. The maximum atomic E-state index is 12.6. The Morgan fingerprint density at radius 2 is 1.53 bits per heavy atom. The summed E-state index contributed by atoms with van der Waals surface area (Å²) in [5.41, 5.74) is 4.14. The monoisotopic (exact) mass is 466 g/mol. The largest absolute Gasteiger partial charge is 0.325 e. The highest BCUT2D eigenvalue weighted by molar-refractivity contribution is 7.99. The van der Waals surface area contributed by atoms with Crippen LogP contribution in [0.25, 0.3) is 0 Å². The van der Waals surface area contributed by atoms with Gasteiger partial charge in [-0.25, -0.2) is 0 Å². The van der Waals surface area contributed by atoms with Crippen LogP contribution >= 0.6 is 23.4 Å². The van der Waals surface area contributed by atoms with Crippen molar-refractivity contribution in [3.8, 4) is 0 Å². The van der Waals surface area contributed by atoms with Crippen LogP contribution in [0, 0.1) is 0 Å². The first-order chi connectivity index (χ1) is 15.2. The summed E-state index contributed by atoms with van der Waals surface area (Å²) >= 11 is 7.51. The Labute approximate surface area is 198 Å². The van der Waals surface area contributed by atoms with Crippen LogP contribution in [0.5, 0.6) is 0 Å². The smallest absolute Gasteiger partial charge is 0.255 e. The highest BCUT2D eigenvalue weighted by Crippen LogP contribution is 2.23. The molecule has 0 aliphatic rings. The lowest BCUT2D eigenvalue weighted by Gasteiger charge is -2.19. The number of anilines is 2. The molecule has 0 radical (unpaired) electrons. The summed E-state index contributed by atoms with van der Waals surface area (Å²) in [6.45, 7) is 6.41. The molecule has 0 aromatic heterocycles. The van der Waals surface area contributed by atoms with E-state index in [-0.39, 0.29) is 17.2 Å². The fraction of sp³-hybridized carbons (Fsp3) is 0.231. The van der Waals surface area contributed by atoms with Crippen LogP contribution in [0.15, 0.2) is 72.8 Å². The topological polar surface area (TPSA) is 58.2 Å². The van der Waals surface area contributed by atoms with Crippen LogP contribution in [-0.2, 0) is 16.0 Å². The van der Waals surface area contributed by atoms with E-state index in [0.29, 0.717) is 33.5 Å². The molecular formula is C26H27ClN2O2S. The average molecular weight is 467 g/mol. The fourth-order valence-electron chi connectivity index (χ4n) is 3.08. The Kier molecular flexibility index (Phi) is 7.99. The molecule has 166 valence electrons. The SMILES string of the molecule is CC(C)(C)c1ccc(C(=O)Nc2cccc(NC(=O)CSCc3cccc(Cl)c3)c2)cc1. The summed E-state index contributed by atoms with van der Waals surface area (Å²) in [6, 6.07) is 22.4. The van der Waals surface area contributed by atoms with Crippen LogP contribution in [0.1, 0.15) is 42.3 Å². The molecule has 0 unspecified atom stereocenters. The third kappa shape index (κ3) is 7.14. The van der Waals surface area contributed by atoms with Crippen LogP contribution in [-0.4, -0.2) is 17.6 Å². The van der Waals surface area contributed by atoms with Crippen LogP contribution < -0.4 is 10.6 Å². The van der Waals surface area contributed by atoms with E-state index in [1.54, 1.807) is 24.3 Å². The van der Waals surface area contributed by atoms with Gasteiger partial charge < -0.3 is 10.6 Å². The first-order valence-corrected chi connectivity index (χ1v) is 11.9. The van der Waals surface area contributed by atoms with Crippen molar-refractivity contribution in [1.82, 2.24) is 0 Å². The van der Waals surface area contributed by atoms with Crippen LogP contribution in [0.4, 0.5) is 11.4 Å². The van der Waals surface area contributed by atoms with E-state index in [4.69, 9.17) is 11.6 Å². The molecule has 6 heteroatoms. The standard InChI is InChI=1S/C26H27ClN2O2S/c1-26(2,3)20-12-10-19(11-13-20)25(31)29-23-9-5-8-22(15-23)28-24(30)17-32-16-18-6-4-7-21(27)14-18/h4-15H,16-17H2,1-3H3,(H,28,30)(H,29,31). The van der Waals surface area contributed by atoms with Gasteiger partial charge in [0.2, 0.25) is 5.91 Å². The second-order valence-electron chi connectivity index (χ2n) is 8.53. The molecule has 0 aliphatic heterocycles. The van der Waals surface area contributed by atoms with Gasteiger partial charge in [-0.05, 0) is 59.0 Å². The number of hydrogen-bond donors (Lipinski definition) is 2. The van der Waals surface area contributed by atoms with E-state index in [9.17, 15) is 9.59 Å². The lowest BCUT2D eigenvalue weighted by molar-refractivity contribution is -0.113. The number of rotatable bonds is 7. The maximum absolute atomic E-state index is 12.6. The zero-order valence-corrected chi connectivity index (χ0v) is 20.0. The van der Waals surface area contributed by atoms with Gasteiger partial charge in [0.05, 0.1) is 5.75 Å². The number of carbonyl (C=O) groups excluding carboxylic acids is 2. The molecular weight excluding hydrogens is 440 g/mol. The molecule has 32 heavy (non-hydrogen) atoms. The highest BCUT2D eigenvalue weighted by Gasteiger charge is 2.14. The number of benzene rings is 3. The summed E-state index contributed by atoms with van der Waals surface area (Å²) in [6.07, 6.45) is 0. The lowest BCUT2D eigenvalue weighted by Crippen LogP contribution is -2.16. The number of carbonyl (C=O) groups is 2. The van der Waals surface area contributed by atoms with Gasteiger partial charge in [-0.3, -0.25) is 9.59 Å². The predicted molar refractivity (Wildman–Crippen MR) is 136 cm³/mol. The Hall–Kier alpha value is -2.76. The van der Waals surface area contributed by atoms with E-state index in [1.165, 1.54) is 17.3 Å². The van der Waals surface area contributed by atoms with Gasteiger partial charge in [0.25, 0.3) is 5.91 Å². The summed E-state index contributed by atoms with van der Waals surface area (Å²) in [7, 11) is 0. The number of thioether (sulfide) groups is 1. The van der Waals surface area contributed by atoms with Crippen molar-refractivity contribution in [3.05, 3.63) is 94.5 Å². The van der Waals surface area contributed by atoms with Gasteiger partial charge in [0, 0.05) is 27.7 Å². The molecule has 2 N–H and O–H groups in total. The Bertz CT molecular complexity index is 1090.